The molecule has 3 rings (SSSR count). The van der Waals surface area contributed by atoms with Gasteiger partial charge >= 0.3 is 0 Å². The molecule has 0 bridgehead atoms. The van der Waals surface area contributed by atoms with Crippen LogP contribution in [0.25, 0.3) is 0 Å². The van der Waals surface area contributed by atoms with Gasteiger partial charge in [0, 0.05) is 24.0 Å². The molecule has 22 heavy (non-hydrogen) atoms. The summed E-state index contributed by atoms with van der Waals surface area (Å²) in [6, 6.07) is 2.54. The van der Waals surface area contributed by atoms with Gasteiger partial charge in [-0.25, -0.2) is 4.99 Å². The highest BCUT2D eigenvalue weighted by molar-refractivity contribution is 7.10. The fourth-order valence-electron chi connectivity index (χ4n) is 3.22. The van der Waals surface area contributed by atoms with E-state index in [9.17, 15) is 4.79 Å². The highest BCUT2D eigenvalue weighted by Gasteiger charge is 2.21. The average Bonchev–Trinajstić information content (AvgIpc) is 3.01. The molecule has 120 valence electrons. The summed E-state index contributed by atoms with van der Waals surface area (Å²) in [6.07, 6.45) is 7.07. The highest BCUT2D eigenvalue weighted by atomic mass is 32.1. The maximum absolute atomic E-state index is 12.3. The summed E-state index contributed by atoms with van der Waals surface area (Å²) in [4.78, 5) is 19.8. The van der Waals surface area contributed by atoms with Crippen molar-refractivity contribution in [2.24, 2.45) is 10.7 Å². The Morgan fingerprint density at radius 2 is 2.23 bits per heavy atom. The molecule has 1 aliphatic carbocycles. The van der Waals surface area contributed by atoms with Gasteiger partial charge in [0.2, 0.25) is 5.91 Å². The fourth-order valence-corrected chi connectivity index (χ4v) is 4.11. The lowest BCUT2D eigenvalue weighted by molar-refractivity contribution is -0.130. The van der Waals surface area contributed by atoms with Gasteiger partial charge < -0.3 is 16.0 Å². The van der Waals surface area contributed by atoms with E-state index in [-0.39, 0.29) is 12.5 Å². The lowest BCUT2D eigenvalue weighted by Gasteiger charge is -2.26. The van der Waals surface area contributed by atoms with E-state index in [1.807, 2.05) is 4.90 Å². The number of aliphatic imine (C=N–C) groups is 1. The maximum Gasteiger partial charge on any atom is 0.244 e. The quantitative estimate of drug-likeness (QED) is 0.660. The van der Waals surface area contributed by atoms with E-state index in [0.29, 0.717) is 18.5 Å². The molecule has 5 nitrogen and oxygen atoms in total. The Labute approximate surface area is 135 Å². The van der Waals surface area contributed by atoms with E-state index < -0.39 is 0 Å². The number of fused-ring (bicyclic) bond motifs is 1. The number of amides is 1. The van der Waals surface area contributed by atoms with Crippen LogP contribution in [-0.2, 0) is 17.8 Å². The van der Waals surface area contributed by atoms with Crippen LogP contribution in [0.1, 0.15) is 42.5 Å². The topological polar surface area (TPSA) is 70.7 Å². The molecule has 1 aromatic rings. The maximum atomic E-state index is 12.3. The van der Waals surface area contributed by atoms with Crippen LogP contribution in [0, 0.1) is 0 Å². The predicted octanol–water partition coefficient (Wildman–Crippen LogP) is 1.87. The monoisotopic (exact) mass is 320 g/mol. The van der Waals surface area contributed by atoms with E-state index in [2.05, 4.69) is 21.8 Å². The van der Waals surface area contributed by atoms with Crippen molar-refractivity contribution in [3.05, 3.63) is 21.9 Å². The second-order valence-corrected chi connectivity index (χ2v) is 7.12. The Morgan fingerprint density at radius 1 is 1.41 bits per heavy atom. The number of thiophene rings is 1. The molecule has 0 aromatic carbocycles. The number of nitrogens with one attached hydrogen (secondary N) is 1. The van der Waals surface area contributed by atoms with Crippen LogP contribution >= 0.6 is 11.3 Å². The van der Waals surface area contributed by atoms with Gasteiger partial charge in [-0.2, -0.15) is 0 Å². The summed E-state index contributed by atoms with van der Waals surface area (Å²) in [5.41, 5.74) is 7.19. The van der Waals surface area contributed by atoms with Crippen LogP contribution in [0.15, 0.2) is 16.4 Å². The number of hydrogen-bond acceptors (Lipinski definition) is 3. The zero-order valence-electron chi connectivity index (χ0n) is 12.9. The summed E-state index contributed by atoms with van der Waals surface area (Å²) in [5, 5.41) is 5.35. The third-order valence-corrected chi connectivity index (χ3v) is 5.53. The molecule has 2 aliphatic rings. The molecule has 1 fully saturated rings. The summed E-state index contributed by atoms with van der Waals surface area (Å²) in [5.74, 6) is 0.471. The van der Waals surface area contributed by atoms with Crippen molar-refractivity contribution >= 4 is 23.2 Å². The first-order chi connectivity index (χ1) is 10.7. The summed E-state index contributed by atoms with van der Waals surface area (Å²) in [6.45, 7) is 1.64. The molecule has 0 unspecified atom stereocenters. The normalized spacial score (nSPS) is 19.8. The van der Waals surface area contributed by atoms with E-state index in [1.54, 1.807) is 11.3 Å². The van der Waals surface area contributed by atoms with Crippen molar-refractivity contribution in [3.8, 4) is 0 Å². The third-order valence-electron chi connectivity index (χ3n) is 4.50. The summed E-state index contributed by atoms with van der Waals surface area (Å²) in [7, 11) is 0. The van der Waals surface area contributed by atoms with E-state index in [0.717, 1.165) is 25.8 Å². The predicted molar refractivity (Wildman–Crippen MR) is 89.9 cm³/mol. The number of carbonyl (C=O) groups excluding carboxylic acids is 1. The van der Waals surface area contributed by atoms with Crippen LogP contribution in [-0.4, -0.2) is 35.9 Å². The van der Waals surface area contributed by atoms with Crippen LogP contribution in [0.2, 0.25) is 0 Å². The number of hydrogen-bond donors (Lipinski definition) is 2. The molecule has 1 aromatic heterocycles. The summed E-state index contributed by atoms with van der Waals surface area (Å²) >= 11 is 1.78. The summed E-state index contributed by atoms with van der Waals surface area (Å²) < 4.78 is 0. The standard InChI is InChI=1S/C16H24N4OS/c17-16(19-13-4-2-1-3-5-13)18-10-15(21)20-8-6-14-12(11-20)7-9-22-14/h7,9,13H,1-6,8,10-11H2,(H3,17,18,19). The minimum Gasteiger partial charge on any atom is -0.370 e. The first-order valence-electron chi connectivity index (χ1n) is 8.12. The second kappa shape index (κ2) is 7.13. The van der Waals surface area contributed by atoms with Gasteiger partial charge in [0.05, 0.1) is 0 Å². The van der Waals surface area contributed by atoms with Crippen LogP contribution in [0.5, 0.6) is 0 Å². The number of nitrogens with two attached hydrogens (primary N) is 1. The molecule has 1 amide bonds. The van der Waals surface area contributed by atoms with E-state index in [4.69, 9.17) is 5.73 Å². The van der Waals surface area contributed by atoms with Crippen LogP contribution in [0.3, 0.4) is 0 Å². The number of rotatable bonds is 3. The van der Waals surface area contributed by atoms with E-state index in [1.165, 1.54) is 29.7 Å². The third kappa shape index (κ3) is 3.80. The Bertz CT molecular complexity index is 548. The molecule has 0 atom stereocenters. The van der Waals surface area contributed by atoms with Crippen molar-refractivity contribution in [2.45, 2.75) is 51.1 Å². The Hall–Kier alpha value is -1.56. The van der Waals surface area contributed by atoms with Gasteiger partial charge in [-0.3, -0.25) is 4.79 Å². The first-order valence-corrected chi connectivity index (χ1v) is 9.00. The highest BCUT2D eigenvalue weighted by Crippen LogP contribution is 2.24. The van der Waals surface area contributed by atoms with Crippen LogP contribution < -0.4 is 11.1 Å². The minimum absolute atomic E-state index is 0.0604. The van der Waals surface area contributed by atoms with Gasteiger partial charge in [0.15, 0.2) is 5.96 Å². The largest absolute Gasteiger partial charge is 0.370 e. The number of guanidine groups is 1. The SMILES string of the molecule is NC(=NCC(=O)N1CCc2sccc2C1)NC1CCCCC1. The van der Waals surface area contributed by atoms with Crippen molar-refractivity contribution in [3.63, 3.8) is 0 Å². The van der Waals surface area contributed by atoms with E-state index >= 15 is 0 Å². The Kier molecular flexibility index (Phi) is 4.97. The van der Waals surface area contributed by atoms with Crippen molar-refractivity contribution in [1.82, 2.24) is 10.2 Å². The van der Waals surface area contributed by atoms with Gasteiger partial charge in [-0.1, -0.05) is 19.3 Å². The zero-order chi connectivity index (χ0) is 15.4. The lowest BCUT2D eigenvalue weighted by atomic mass is 9.96. The molecular formula is C16H24N4OS. The molecule has 0 radical (unpaired) electrons. The zero-order valence-corrected chi connectivity index (χ0v) is 13.7. The lowest BCUT2D eigenvalue weighted by Crippen LogP contribution is -2.42. The molecule has 0 spiro atoms. The molecule has 1 aliphatic heterocycles. The smallest absolute Gasteiger partial charge is 0.244 e. The average molecular weight is 320 g/mol. The minimum atomic E-state index is 0.0604. The Balaban J connectivity index is 1.48. The first kappa shape index (κ1) is 15.3. The van der Waals surface area contributed by atoms with Crippen molar-refractivity contribution in [2.75, 3.05) is 13.1 Å². The molecule has 6 heteroatoms. The van der Waals surface area contributed by atoms with Gasteiger partial charge in [0.25, 0.3) is 0 Å². The van der Waals surface area contributed by atoms with Crippen molar-refractivity contribution in [1.29, 1.82) is 0 Å². The molecule has 2 heterocycles. The molecular weight excluding hydrogens is 296 g/mol. The second-order valence-electron chi connectivity index (χ2n) is 6.12. The fraction of sp³-hybridized carbons (Fsp3) is 0.625. The molecule has 3 N–H and O–H groups in total. The van der Waals surface area contributed by atoms with Crippen LogP contribution in [0.4, 0.5) is 0 Å². The molecule has 1 saturated carbocycles. The van der Waals surface area contributed by atoms with Gasteiger partial charge in [-0.05, 0) is 36.3 Å². The van der Waals surface area contributed by atoms with Gasteiger partial charge in [-0.15, -0.1) is 11.3 Å². The van der Waals surface area contributed by atoms with Crippen molar-refractivity contribution < 1.29 is 4.79 Å². The number of nitrogens with zero attached hydrogens (tertiary/aromatic N) is 2. The molecule has 0 saturated heterocycles. The van der Waals surface area contributed by atoms with Gasteiger partial charge in [0.1, 0.15) is 6.54 Å². The number of carbonyl (C=O) groups is 1. The Morgan fingerprint density at radius 3 is 3.05 bits per heavy atom.